The maximum absolute atomic E-state index is 12.4. The maximum Gasteiger partial charge on any atom is 0.518 e. The number of hydrogen-bond acceptors (Lipinski definition) is 5. The summed E-state index contributed by atoms with van der Waals surface area (Å²) in [6, 6.07) is 0. The highest BCUT2D eigenvalue weighted by molar-refractivity contribution is 5.61. The Bertz CT molecular complexity index is 427. The molecule has 26 heavy (non-hydrogen) atoms. The second kappa shape index (κ2) is 11.7. The SMILES string of the molecule is O=C(OC=CCOCC(F)(F)C(F)F)OC=CCOCC(F)(F)C(F)F. The molecule has 0 N–H and O–H groups in total. The van der Waals surface area contributed by atoms with Gasteiger partial charge in [0.05, 0.1) is 25.7 Å². The summed E-state index contributed by atoms with van der Waals surface area (Å²) >= 11 is 0. The summed E-state index contributed by atoms with van der Waals surface area (Å²) in [4.78, 5) is 10.9. The standard InChI is InChI=1S/C13H14F8O5/c14-9(15)12(18,19)7-23-3-1-5-25-11(22)26-6-2-4-24-8-13(20,21)10(16)17/h1-2,5-6,9-10H,3-4,7-8H2. The van der Waals surface area contributed by atoms with Crippen LogP contribution in [0.2, 0.25) is 0 Å². The van der Waals surface area contributed by atoms with Gasteiger partial charge < -0.3 is 18.9 Å². The number of carbonyl (C=O) groups excluding carboxylic acids is 1. The number of rotatable bonds is 12. The van der Waals surface area contributed by atoms with E-state index in [0.717, 1.165) is 12.2 Å². The van der Waals surface area contributed by atoms with Crippen molar-refractivity contribution < 1.29 is 58.9 Å². The minimum atomic E-state index is -4.31. The van der Waals surface area contributed by atoms with Gasteiger partial charge in [-0.1, -0.05) is 0 Å². The van der Waals surface area contributed by atoms with Gasteiger partial charge in [0, 0.05) is 0 Å². The Morgan fingerprint density at radius 3 is 1.42 bits per heavy atom. The molecule has 13 heteroatoms. The molecule has 0 radical (unpaired) electrons. The Morgan fingerprint density at radius 2 is 1.12 bits per heavy atom. The zero-order valence-corrected chi connectivity index (χ0v) is 12.9. The van der Waals surface area contributed by atoms with Crippen molar-refractivity contribution in [1.29, 1.82) is 0 Å². The fourth-order valence-electron chi connectivity index (χ4n) is 0.966. The lowest BCUT2D eigenvalue weighted by atomic mass is 10.4. The van der Waals surface area contributed by atoms with Crippen molar-refractivity contribution in [2.45, 2.75) is 24.7 Å². The fourth-order valence-corrected chi connectivity index (χ4v) is 0.966. The first-order valence-electron chi connectivity index (χ1n) is 6.63. The molecule has 0 bridgehead atoms. The third-order valence-electron chi connectivity index (χ3n) is 2.18. The van der Waals surface area contributed by atoms with Crippen LogP contribution in [-0.4, -0.2) is 57.3 Å². The molecule has 0 aliphatic rings. The van der Waals surface area contributed by atoms with Crippen molar-refractivity contribution in [1.82, 2.24) is 0 Å². The molecule has 0 saturated heterocycles. The predicted octanol–water partition coefficient (Wildman–Crippen LogP) is 4.00. The summed E-state index contributed by atoms with van der Waals surface area (Å²) in [6.45, 7) is -4.19. The lowest BCUT2D eigenvalue weighted by molar-refractivity contribution is -0.163. The van der Waals surface area contributed by atoms with Gasteiger partial charge in [0.25, 0.3) is 0 Å². The number of halogens is 8. The Morgan fingerprint density at radius 1 is 0.769 bits per heavy atom. The third kappa shape index (κ3) is 10.9. The van der Waals surface area contributed by atoms with E-state index in [1.165, 1.54) is 0 Å². The lowest BCUT2D eigenvalue weighted by Gasteiger charge is -2.14. The summed E-state index contributed by atoms with van der Waals surface area (Å²) in [5.41, 5.74) is 0. The molecule has 0 aromatic heterocycles. The van der Waals surface area contributed by atoms with E-state index in [0.29, 0.717) is 12.5 Å². The molecule has 5 nitrogen and oxygen atoms in total. The van der Waals surface area contributed by atoms with Crippen molar-refractivity contribution >= 4 is 6.16 Å². The minimum Gasteiger partial charge on any atom is -0.403 e. The van der Waals surface area contributed by atoms with Crippen LogP contribution in [0.3, 0.4) is 0 Å². The Hall–Kier alpha value is -1.89. The monoisotopic (exact) mass is 402 g/mol. The van der Waals surface area contributed by atoms with Crippen LogP contribution < -0.4 is 0 Å². The van der Waals surface area contributed by atoms with E-state index >= 15 is 0 Å². The van der Waals surface area contributed by atoms with Crippen LogP contribution in [0.15, 0.2) is 24.7 Å². The molecule has 0 aliphatic heterocycles. The number of alkyl halides is 8. The zero-order valence-electron chi connectivity index (χ0n) is 12.9. The molecule has 0 aromatic rings. The van der Waals surface area contributed by atoms with Crippen molar-refractivity contribution in [2.75, 3.05) is 26.4 Å². The summed E-state index contributed by atoms with van der Waals surface area (Å²) < 4.78 is 114. The minimum absolute atomic E-state index is 0.558. The number of hydrogen-bond donors (Lipinski definition) is 0. The molecule has 0 unspecified atom stereocenters. The van der Waals surface area contributed by atoms with Gasteiger partial charge in [-0.25, -0.2) is 22.4 Å². The molecule has 0 aliphatic carbocycles. The van der Waals surface area contributed by atoms with Crippen LogP contribution >= 0.6 is 0 Å². The highest BCUT2D eigenvalue weighted by Gasteiger charge is 2.41. The summed E-state index contributed by atoms with van der Waals surface area (Å²) in [5, 5.41) is 0. The van der Waals surface area contributed by atoms with Gasteiger partial charge in [-0.15, -0.1) is 0 Å². The molecule has 0 amide bonds. The van der Waals surface area contributed by atoms with Crippen molar-refractivity contribution in [3.8, 4) is 0 Å². The summed E-state index contributed by atoms with van der Waals surface area (Å²) in [6.07, 6.45) is -5.95. The topological polar surface area (TPSA) is 54.0 Å². The molecular weight excluding hydrogens is 388 g/mol. The lowest BCUT2D eigenvalue weighted by Crippen LogP contribution is -2.32. The van der Waals surface area contributed by atoms with Gasteiger partial charge in [-0.05, 0) is 12.2 Å². The Balaban J connectivity index is 3.80. The second-order valence-corrected chi connectivity index (χ2v) is 4.38. The summed E-state index contributed by atoms with van der Waals surface area (Å²) in [5.74, 6) is -8.61. The average molecular weight is 402 g/mol. The maximum atomic E-state index is 12.4. The van der Waals surface area contributed by atoms with Gasteiger partial charge in [0.15, 0.2) is 0 Å². The average Bonchev–Trinajstić information content (AvgIpc) is 2.53. The van der Waals surface area contributed by atoms with Crippen LogP contribution in [0.4, 0.5) is 39.9 Å². The second-order valence-electron chi connectivity index (χ2n) is 4.38. The van der Waals surface area contributed by atoms with Crippen molar-refractivity contribution in [3.63, 3.8) is 0 Å². The molecule has 0 fully saturated rings. The Kier molecular flexibility index (Phi) is 10.8. The highest BCUT2D eigenvalue weighted by Crippen LogP contribution is 2.23. The highest BCUT2D eigenvalue weighted by atomic mass is 19.3. The predicted molar refractivity (Wildman–Crippen MR) is 69.4 cm³/mol. The van der Waals surface area contributed by atoms with E-state index in [4.69, 9.17) is 0 Å². The Labute approximate surface area is 142 Å². The van der Waals surface area contributed by atoms with E-state index in [9.17, 15) is 39.9 Å². The van der Waals surface area contributed by atoms with Gasteiger partial charge >= 0.3 is 30.9 Å². The van der Waals surface area contributed by atoms with E-state index in [1.807, 2.05) is 0 Å². The van der Waals surface area contributed by atoms with E-state index in [-0.39, 0.29) is 0 Å². The van der Waals surface area contributed by atoms with Crippen LogP contribution in [0.25, 0.3) is 0 Å². The van der Waals surface area contributed by atoms with Gasteiger partial charge in [-0.3, -0.25) is 0 Å². The molecular formula is C13H14F8O5. The van der Waals surface area contributed by atoms with Gasteiger partial charge in [0.1, 0.15) is 13.2 Å². The molecule has 0 heterocycles. The van der Waals surface area contributed by atoms with E-state index < -0.39 is 57.3 Å². The molecule has 0 saturated carbocycles. The molecule has 0 rings (SSSR count). The van der Waals surface area contributed by atoms with E-state index in [2.05, 4.69) is 18.9 Å². The first-order chi connectivity index (χ1) is 12.0. The zero-order chi connectivity index (χ0) is 20.2. The number of ether oxygens (including phenoxy) is 4. The summed E-state index contributed by atoms with van der Waals surface area (Å²) in [7, 11) is 0. The quantitative estimate of drug-likeness (QED) is 0.214. The molecule has 152 valence electrons. The largest absolute Gasteiger partial charge is 0.518 e. The van der Waals surface area contributed by atoms with Crippen LogP contribution in [0.1, 0.15) is 0 Å². The normalized spacial score (nSPS) is 13.3. The van der Waals surface area contributed by atoms with Gasteiger partial charge in [0.2, 0.25) is 0 Å². The molecule has 0 atom stereocenters. The first kappa shape index (κ1) is 24.1. The van der Waals surface area contributed by atoms with Crippen molar-refractivity contribution in [2.24, 2.45) is 0 Å². The van der Waals surface area contributed by atoms with Gasteiger partial charge in [-0.2, -0.15) is 17.6 Å². The van der Waals surface area contributed by atoms with Crippen LogP contribution in [0, 0.1) is 0 Å². The van der Waals surface area contributed by atoms with Crippen LogP contribution in [0.5, 0.6) is 0 Å². The number of carbonyl (C=O) groups is 1. The van der Waals surface area contributed by atoms with E-state index in [1.54, 1.807) is 0 Å². The fraction of sp³-hybridized carbons (Fsp3) is 0.615. The smallest absolute Gasteiger partial charge is 0.403 e. The van der Waals surface area contributed by atoms with Crippen molar-refractivity contribution in [3.05, 3.63) is 24.7 Å². The van der Waals surface area contributed by atoms with Crippen LogP contribution in [-0.2, 0) is 18.9 Å². The molecule has 0 spiro atoms. The first-order valence-corrected chi connectivity index (χ1v) is 6.63. The third-order valence-corrected chi connectivity index (χ3v) is 2.18. The molecule has 0 aromatic carbocycles.